The van der Waals surface area contributed by atoms with Gasteiger partial charge in [0.05, 0.1) is 32.7 Å². The number of amides is 1. The summed E-state index contributed by atoms with van der Waals surface area (Å²) >= 11 is 1.31. The maximum absolute atomic E-state index is 12.4. The lowest BCUT2D eigenvalue weighted by molar-refractivity contribution is -0.401. The van der Waals surface area contributed by atoms with Crippen LogP contribution in [0.5, 0.6) is 17.2 Å². The zero-order valence-electron chi connectivity index (χ0n) is 19.2. The van der Waals surface area contributed by atoms with Crippen LogP contribution in [0.15, 0.2) is 35.7 Å². The number of quaternary nitrogens is 1. The van der Waals surface area contributed by atoms with Crippen molar-refractivity contribution in [2.75, 3.05) is 26.6 Å². The van der Waals surface area contributed by atoms with Crippen LogP contribution in [-0.4, -0.2) is 48.7 Å². The summed E-state index contributed by atoms with van der Waals surface area (Å²) in [7, 11) is 4.67. The number of hydrogen-bond acceptors (Lipinski definition) is 7. The summed E-state index contributed by atoms with van der Waals surface area (Å²) in [5.41, 5.74) is 8.25. The number of nitrogens with one attached hydrogen (secondary N) is 1. The van der Waals surface area contributed by atoms with Crippen molar-refractivity contribution in [3.05, 3.63) is 41.3 Å². The Balaban J connectivity index is 0.00000408. The van der Waals surface area contributed by atoms with E-state index in [0.29, 0.717) is 22.9 Å². The first-order valence-electron chi connectivity index (χ1n) is 10.0. The second kappa shape index (κ2) is 11.7. The topological polar surface area (TPSA) is 135 Å². The second-order valence-electron chi connectivity index (χ2n) is 7.30. The predicted octanol–water partition coefficient (Wildman–Crippen LogP) is -0.161. The first-order chi connectivity index (χ1) is 15.8. The number of aliphatic carboxylic acids is 1. The second-order valence-corrected chi connectivity index (χ2v) is 7.93. The van der Waals surface area contributed by atoms with Gasteiger partial charge in [-0.1, -0.05) is 6.07 Å². The highest BCUT2D eigenvalue weighted by atomic mass is 35.5. The number of nitrogens with zero attached hydrogens (tertiary/aromatic N) is 1. The number of carboxylic acid groups (broad SMARTS) is 1. The van der Waals surface area contributed by atoms with E-state index in [-0.39, 0.29) is 18.8 Å². The molecule has 1 aromatic heterocycles. The van der Waals surface area contributed by atoms with Gasteiger partial charge in [-0.3, -0.25) is 9.59 Å². The molecule has 0 unspecified atom stereocenters. The summed E-state index contributed by atoms with van der Waals surface area (Å²) in [6, 6.07) is 8.28. The Hall–Kier alpha value is -3.34. The van der Waals surface area contributed by atoms with E-state index < -0.39 is 17.9 Å². The third-order valence-corrected chi connectivity index (χ3v) is 5.70. The van der Waals surface area contributed by atoms with E-state index >= 15 is 0 Å². The third kappa shape index (κ3) is 5.77. The number of benzene rings is 2. The lowest BCUT2D eigenvalue weighted by Gasteiger charge is -2.15. The van der Waals surface area contributed by atoms with Crippen LogP contribution in [0.4, 0.5) is 5.69 Å². The third-order valence-electron chi connectivity index (χ3n) is 5.07. The van der Waals surface area contributed by atoms with Crippen molar-refractivity contribution in [2.24, 2.45) is 0 Å². The Bertz CT molecular complexity index is 1180. The van der Waals surface area contributed by atoms with E-state index in [1.54, 1.807) is 26.4 Å². The van der Waals surface area contributed by atoms with E-state index in [0.717, 1.165) is 27.9 Å². The van der Waals surface area contributed by atoms with Gasteiger partial charge in [-0.15, -0.1) is 0 Å². The number of aromatic nitrogens is 1. The van der Waals surface area contributed by atoms with Crippen LogP contribution in [0.3, 0.4) is 0 Å². The molecule has 11 heteroatoms. The zero-order chi connectivity index (χ0) is 24.1. The number of carbonyl (C=O) groups excluding carboxylic acids is 1. The molecule has 0 fully saturated rings. The van der Waals surface area contributed by atoms with E-state index in [1.807, 2.05) is 30.5 Å². The van der Waals surface area contributed by atoms with Crippen molar-refractivity contribution in [3.63, 3.8) is 0 Å². The molecule has 0 saturated carbocycles. The first kappa shape index (κ1) is 26.9. The fourth-order valence-electron chi connectivity index (χ4n) is 3.45. The molecule has 0 bridgehead atoms. The normalized spacial score (nSPS) is 11.2. The van der Waals surface area contributed by atoms with Gasteiger partial charge in [0.2, 0.25) is 0 Å². The number of carboxylic acids is 1. The summed E-state index contributed by atoms with van der Waals surface area (Å²) < 4.78 is 20.9. The Morgan fingerprint density at radius 2 is 1.79 bits per heavy atom. The zero-order valence-corrected chi connectivity index (χ0v) is 20.7. The summed E-state index contributed by atoms with van der Waals surface area (Å²) in [5.74, 6) is 0.115. The Labute approximate surface area is 207 Å². The summed E-state index contributed by atoms with van der Waals surface area (Å²) in [5, 5.41) is 13.6. The van der Waals surface area contributed by atoms with E-state index in [1.165, 1.54) is 18.6 Å². The minimum absolute atomic E-state index is 0. The van der Waals surface area contributed by atoms with Gasteiger partial charge in [0.15, 0.2) is 17.5 Å². The molecule has 0 radical (unpaired) electrons. The molecule has 3 rings (SSSR count). The highest BCUT2D eigenvalue weighted by Crippen LogP contribution is 2.40. The van der Waals surface area contributed by atoms with E-state index in [9.17, 15) is 9.59 Å². The maximum atomic E-state index is 12.4. The monoisotopic (exact) mass is 507 g/mol. The van der Waals surface area contributed by atoms with Crippen LogP contribution < -0.4 is 37.7 Å². The maximum Gasteiger partial charge on any atom is 0.309 e. The average Bonchev–Trinajstić information content (AvgIpc) is 3.28. The van der Waals surface area contributed by atoms with Crippen LogP contribution in [-0.2, 0) is 9.59 Å². The predicted molar refractivity (Wildman–Crippen MR) is 125 cm³/mol. The minimum atomic E-state index is -1.09. The van der Waals surface area contributed by atoms with Crippen molar-refractivity contribution >= 4 is 29.1 Å². The molecule has 0 saturated heterocycles. The highest BCUT2D eigenvalue weighted by Gasteiger charge is 2.23. The molecule has 9 nitrogen and oxygen atoms in total. The van der Waals surface area contributed by atoms with Crippen LogP contribution in [0.2, 0.25) is 0 Å². The number of carbonyl (C=O) groups is 2. The lowest BCUT2D eigenvalue weighted by atomic mass is 9.99. The van der Waals surface area contributed by atoms with E-state index in [4.69, 9.17) is 19.3 Å². The molecular weight excluding hydrogens is 482 g/mol. The number of halogens is 1. The number of methoxy groups -OCH3 is 3. The van der Waals surface area contributed by atoms with Gasteiger partial charge in [-0.2, -0.15) is 4.37 Å². The van der Waals surface area contributed by atoms with Crippen LogP contribution in [0, 0.1) is 6.92 Å². The standard InChI is InChI=1S/C23H25N3O6S.ClH/c1-12-7-14(9-19(31-3)22(12)32-4)21-15(11-33-26-21)13-5-6-18(30-2)17(8-13)25-23(29)16(24)10-20(27)28;/h5-9,11,16H,10,24H2,1-4H3,(H,25,29)(H,27,28);1H/t16-;/m1./s1. The van der Waals surface area contributed by atoms with Gasteiger partial charge in [0, 0.05) is 16.5 Å². The lowest BCUT2D eigenvalue weighted by Crippen LogP contribution is -3.00. The summed E-state index contributed by atoms with van der Waals surface area (Å²) in [6.45, 7) is 1.93. The number of anilines is 1. The van der Waals surface area contributed by atoms with Crippen molar-refractivity contribution in [1.29, 1.82) is 0 Å². The molecule has 0 aliphatic rings. The Morgan fingerprint density at radius 1 is 1.09 bits per heavy atom. The smallest absolute Gasteiger partial charge is 0.309 e. The molecule has 0 aliphatic heterocycles. The van der Waals surface area contributed by atoms with Gasteiger partial charge >= 0.3 is 5.97 Å². The summed E-state index contributed by atoms with van der Waals surface area (Å²) in [4.78, 5) is 23.4. The van der Waals surface area contributed by atoms with Gasteiger partial charge in [-0.25, -0.2) is 0 Å². The van der Waals surface area contributed by atoms with Crippen molar-refractivity contribution in [3.8, 4) is 39.6 Å². The molecular formula is C23H26ClN3O6S. The minimum Gasteiger partial charge on any atom is -1.00 e. The number of aryl methyl sites for hydroxylation is 1. The van der Waals surface area contributed by atoms with Gasteiger partial charge in [0.25, 0.3) is 5.91 Å². The molecule has 0 aliphatic carbocycles. The van der Waals surface area contributed by atoms with Gasteiger partial charge < -0.3 is 42.8 Å². The van der Waals surface area contributed by atoms with Gasteiger partial charge in [0.1, 0.15) is 12.2 Å². The molecule has 0 spiro atoms. The quantitative estimate of drug-likeness (QED) is 0.366. The van der Waals surface area contributed by atoms with Crippen LogP contribution in [0.1, 0.15) is 12.0 Å². The average molecular weight is 508 g/mol. The van der Waals surface area contributed by atoms with Crippen LogP contribution in [0.25, 0.3) is 22.4 Å². The molecule has 5 N–H and O–H groups in total. The molecule has 2 aromatic carbocycles. The SMILES string of the molecule is COc1ccc(-c2csnc2-c2cc(C)c(OC)c(OC)c2)cc1NC(=O)[C@H]([NH3+])CC(=O)O.[Cl-]. The van der Waals surface area contributed by atoms with Crippen molar-refractivity contribution in [1.82, 2.24) is 4.37 Å². The van der Waals surface area contributed by atoms with E-state index in [2.05, 4.69) is 15.4 Å². The Morgan fingerprint density at radius 3 is 2.41 bits per heavy atom. The summed E-state index contributed by atoms with van der Waals surface area (Å²) in [6.07, 6.45) is -0.370. The number of hydrogen-bond donors (Lipinski definition) is 3. The number of rotatable bonds is 9. The highest BCUT2D eigenvalue weighted by molar-refractivity contribution is 7.04. The van der Waals surface area contributed by atoms with Crippen LogP contribution >= 0.6 is 11.5 Å². The fourth-order valence-corrected chi connectivity index (χ4v) is 4.17. The first-order valence-corrected chi connectivity index (χ1v) is 10.8. The van der Waals surface area contributed by atoms with Crippen molar-refractivity contribution in [2.45, 2.75) is 19.4 Å². The molecule has 1 heterocycles. The molecule has 3 aromatic rings. The molecule has 182 valence electrons. The molecule has 1 amide bonds. The fraction of sp³-hybridized carbons (Fsp3) is 0.261. The van der Waals surface area contributed by atoms with Crippen molar-refractivity contribution < 1.29 is 47.0 Å². The Kier molecular flexibility index (Phi) is 9.25. The largest absolute Gasteiger partial charge is 1.00 e. The van der Waals surface area contributed by atoms with Gasteiger partial charge in [-0.05, 0) is 53.8 Å². The molecule has 34 heavy (non-hydrogen) atoms. The molecule has 1 atom stereocenters. The number of ether oxygens (including phenoxy) is 3.